The van der Waals surface area contributed by atoms with Crippen molar-refractivity contribution in [2.45, 2.75) is 25.3 Å². The molecule has 0 bridgehead atoms. The molecule has 2 aromatic rings. The van der Waals surface area contributed by atoms with Crippen LogP contribution in [0.25, 0.3) is 5.69 Å². The second-order valence-electron chi connectivity index (χ2n) is 4.66. The fraction of sp³-hybridized carbons (Fsp3) is 0.286. The summed E-state index contributed by atoms with van der Waals surface area (Å²) >= 11 is 0. The van der Waals surface area contributed by atoms with E-state index in [2.05, 4.69) is 0 Å². The summed E-state index contributed by atoms with van der Waals surface area (Å²) in [6.07, 6.45) is 4.40. The van der Waals surface area contributed by atoms with Crippen molar-refractivity contribution < 1.29 is 8.78 Å². The topological polar surface area (TPSA) is 30.9 Å². The minimum absolute atomic E-state index is 0.00662. The number of rotatable bonds is 1. The summed E-state index contributed by atoms with van der Waals surface area (Å²) in [6.45, 7) is 0. The predicted octanol–water partition coefficient (Wildman–Crippen LogP) is 3.09. The summed E-state index contributed by atoms with van der Waals surface area (Å²) in [5.41, 5.74) is 7.94. The lowest BCUT2D eigenvalue weighted by Gasteiger charge is -2.21. The first-order valence-electron chi connectivity index (χ1n) is 6.08. The summed E-state index contributed by atoms with van der Waals surface area (Å²) in [5.74, 6) is -1.10. The number of fused-ring (bicyclic) bond motifs is 1. The Morgan fingerprint density at radius 2 is 1.89 bits per heavy atom. The van der Waals surface area contributed by atoms with E-state index in [0.717, 1.165) is 30.5 Å². The van der Waals surface area contributed by atoms with Crippen LogP contribution in [-0.2, 0) is 6.42 Å². The second-order valence-corrected chi connectivity index (χ2v) is 4.66. The van der Waals surface area contributed by atoms with Crippen molar-refractivity contribution in [3.8, 4) is 5.69 Å². The summed E-state index contributed by atoms with van der Waals surface area (Å²) < 4.78 is 29.2. The number of nitrogens with zero attached hydrogens (tertiary/aromatic N) is 1. The van der Waals surface area contributed by atoms with Crippen LogP contribution in [0.3, 0.4) is 0 Å². The van der Waals surface area contributed by atoms with E-state index in [-0.39, 0.29) is 11.7 Å². The van der Waals surface area contributed by atoms with Crippen LogP contribution in [0.4, 0.5) is 8.78 Å². The van der Waals surface area contributed by atoms with E-state index in [1.165, 1.54) is 18.2 Å². The van der Waals surface area contributed by atoms with Crippen LogP contribution in [0.2, 0.25) is 0 Å². The minimum Gasteiger partial charge on any atom is -0.324 e. The Kier molecular flexibility index (Phi) is 2.67. The van der Waals surface area contributed by atoms with Crippen LogP contribution in [0.5, 0.6) is 0 Å². The van der Waals surface area contributed by atoms with Gasteiger partial charge in [0.1, 0.15) is 17.3 Å². The van der Waals surface area contributed by atoms with Crippen molar-refractivity contribution in [3.05, 3.63) is 53.4 Å². The van der Waals surface area contributed by atoms with Crippen LogP contribution >= 0.6 is 0 Å². The highest BCUT2D eigenvalue weighted by Gasteiger charge is 2.22. The maximum absolute atomic E-state index is 13.8. The smallest absolute Gasteiger partial charge is 0.150 e. The summed E-state index contributed by atoms with van der Waals surface area (Å²) in [6, 6.07) is 5.76. The highest BCUT2D eigenvalue weighted by molar-refractivity contribution is 5.42. The fourth-order valence-corrected chi connectivity index (χ4v) is 2.66. The lowest BCUT2D eigenvalue weighted by molar-refractivity contribution is 0.542. The quantitative estimate of drug-likeness (QED) is 0.826. The molecule has 0 aliphatic heterocycles. The minimum atomic E-state index is -0.549. The molecule has 4 heteroatoms. The Balaban J connectivity index is 2.19. The molecule has 1 aliphatic carbocycles. The number of hydrogen-bond acceptors (Lipinski definition) is 1. The normalized spacial score (nSPS) is 18.7. The first kappa shape index (κ1) is 11.4. The van der Waals surface area contributed by atoms with Gasteiger partial charge in [-0.25, -0.2) is 8.78 Å². The van der Waals surface area contributed by atoms with Crippen LogP contribution < -0.4 is 5.73 Å². The zero-order chi connectivity index (χ0) is 12.7. The molecule has 1 aromatic carbocycles. The molecule has 18 heavy (non-hydrogen) atoms. The van der Waals surface area contributed by atoms with E-state index in [1.54, 1.807) is 10.8 Å². The van der Waals surface area contributed by atoms with Gasteiger partial charge in [0, 0.05) is 17.9 Å². The van der Waals surface area contributed by atoms with E-state index in [1.807, 2.05) is 6.07 Å². The van der Waals surface area contributed by atoms with Crippen LogP contribution in [0, 0.1) is 11.6 Å². The molecule has 1 atom stereocenters. The van der Waals surface area contributed by atoms with Crippen molar-refractivity contribution >= 4 is 0 Å². The summed E-state index contributed by atoms with van der Waals surface area (Å²) in [5, 5.41) is 0. The van der Waals surface area contributed by atoms with Gasteiger partial charge in [-0.15, -0.1) is 0 Å². The molecule has 0 amide bonds. The van der Waals surface area contributed by atoms with Crippen molar-refractivity contribution in [3.63, 3.8) is 0 Å². The van der Waals surface area contributed by atoms with Gasteiger partial charge >= 0.3 is 0 Å². The molecular weight excluding hydrogens is 234 g/mol. The Bertz CT molecular complexity index is 569. The molecule has 0 radical (unpaired) electrons. The molecule has 0 spiro atoms. The number of halogens is 2. The Labute approximate surface area is 104 Å². The van der Waals surface area contributed by atoms with Crippen LogP contribution in [0.15, 0.2) is 30.5 Å². The number of aromatic nitrogens is 1. The number of nitrogens with two attached hydrogens (primary N) is 1. The van der Waals surface area contributed by atoms with Crippen molar-refractivity contribution in [2.75, 3.05) is 0 Å². The molecule has 0 fully saturated rings. The molecule has 3 rings (SSSR count). The number of para-hydroxylation sites is 1. The van der Waals surface area contributed by atoms with E-state index in [9.17, 15) is 8.78 Å². The average Bonchev–Trinajstić information content (AvgIpc) is 2.75. The molecular formula is C14H14F2N2. The van der Waals surface area contributed by atoms with E-state index < -0.39 is 11.6 Å². The molecule has 1 unspecified atom stereocenters. The molecule has 0 saturated heterocycles. The van der Waals surface area contributed by atoms with Gasteiger partial charge in [-0.3, -0.25) is 0 Å². The third-order valence-corrected chi connectivity index (χ3v) is 3.53. The van der Waals surface area contributed by atoms with Gasteiger partial charge in [0.05, 0.1) is 0 Å². The largest absolute Gasteiger partial charge is 0.324 e. The maximum Gasteiger partial charge on any atom is 0.150 e. The molecule has 2 nitrogen and oxygen atoms in total. The van der Waals surface area contributed by atoms with Crippen molar-refractivity contribution in [1.29, 1.82) is 0 Å². The summed E-state index contributed by atoms with van der Waals surface area (Å²) in [4.78, 5) is 0. The van der Waals surface area contributed by atoms with Crippen molar-refractivity contribution in [2.24, 2.45) is 5.73 Å². The highest BCUT2D eigenvalue weighted by atomic mass is 19.1. The van der Waals surface area contributed by atoms with Gasteiger partial charge in [-0.2, -0.15) is 0 Å². The lowest BCUT2D eigenvalue weighted by atomic mass is 9.93. The molecule has 1 aliphatic rings. The monoisotopic (exact) mass is 248 g/mol. The van der Waals surface area contributed by atoms with Crippen LogP contribution in [0.1, 0.15) is 30.1 Å². The third kappa shape index (κ3) is 1.64. The third-order valence-electron chi connectivity index (χ3n) is 3.53. The highest BCUT2D eigenvalue weighted by Crippen LogP contribution is 2.31. The standard InChI is InChI=1S/C14H14F2N2/c15-10-3-1-4-11(16)14(10)18-8-7-9-12(17)5-2-6-13(9)18/h1,3-4,7-8,12H,2,5-6,17H2. The first-order valence-corrected chi connectivity index (χ1v) is 6.08. The van der Waals surface area contributed by atoms with Gasteiger partial charge in [0.25, 0.3) is 0 Å². The zero-order valence-electron chi connectivity index (χ0n) is 9.87. The second kappa shape index (κ2) is 4.21. The van der Waals surface area contributed by atoms with Crippen molar-refractivity contribution in [1.82, 2.24) is 4.57 Å². The maximum atomic E-state index is 13.8. The van der Waals surface area contributed by atoms with E-state index in [4.69, 9.17) is 5.73 Å². The Hall–Kier alpha value is -1.68. The molecule has 1 heterocycles. The zero-order valence-corrected chi connectivity index (χ0v) is 9.87. The van der Waals surface area contributed by atoms with Gasteiger partial charge in [0.2, 0.25) is 0 Å². The predicted molar refractivity (Wildman–Crippen MR) is 65.6 cm³/mol. The molecule has 2 N–H and O–H groups in total. The van der Waals surface area contributed by atoms with Gasteiger partial charge in [-0.1, -0.05) is 6.07 Å². The van der Waals surface area contributed by atoms with Gasteiger partial charge < -0.3 is 10.3 Å². The SMILES string of the molecule is NC1CCCc2c1ccn2-c1c(F)cccc1F. The molecule has 94 valence electrons. The summed E-state index contributed by atoms with van der Waals surface area (Å²) in [7, 11) is 0. The van der Waals surface area contributed by atoms with Gasteiger partial charge in [0.15, 0.2) is 0 Å². The number of hydrogen-bond donors (Lipinski definition) is 1. The molecule has 1 aromatic heterocycles. The van der Waals surface area contributed by atoms with Crippen LogP contribution in [-0.4, -0.2) is 4.57 Å². The fourth-order valence-electron chi connectivity index (χ4n) is 2.66. The average molecular weight is 248 g/mol. The Morgan fingerprint density at radius 3 is 2.61 bits per heavy atom. The number of benzene rings is 1. The van der Waals surface area contributed by atoms with Gasteiger partial charge in [-0.05, 0) is 43.0 Å². The van der Waals surface area contributed by atoms with E-state index >= 15 is 0 Å². The molecule has 0 saturated carbocycles. The first-order chi connectivity index (χ1) is 8.68. The Morgan fingerprint density at radius 1 is 1.17 bits per heavy atom. The lowest BCUT2D eigenvalue weighted by Crippen LogP contribution is -2.18. The van der Waals surface area contributed by atoms with E-state index in [0.29, 0.717) is 0 Å².